The smallest absolute Gasteiger partial charge is 0.245 e. The number of nitrogens with zero attached hydrogens (tertiary/aromatic N) is 5. The van der Waals surface area contributed by atoms with Crippen molar-refractivity contribution in [3.05, 3.63) is 47.5 Å². The van der Waals surface area contributed by atoms with Crippen LogP contribution in [0, 0.1) is 19.8 Å². The lowest BCUT2D eigenvalue weighted by molar-refractivity contribution is -0.137. The summed E-state index contributed by atoms with van der Waals surface area (Å²) < 4.78 is 32.9. The van der Waals surface area contributed by atoms with E-state index in [1.54, 1.807) is 12.1 Å². The zero-order valence-corrected chi connectivity index (χ0v) is 20.3. The number of piperazine rings is 1. The molecular weight excluding hydrogens is 454 g/mol. The topological polar surface area (TPSA) is 99.8 Å². The second-order valence-electron chi connectivity index (χ2n) is 9.19. The standard InChI is InChI=1S/C24H29N5O4S/c1-17-8-9-18(2)21(15-17)27-11-13-28(14-12-27)24(30)19-5-4-10-29(16-19)34(31,32)22-7-3-6-20-23(22)26-33-25-20/h3,6-9,15,19H,4-5,10-14,16H2,1-2H3/t19-/m0/s1. The summed E-state index contributed by atoms with van der Waals surface area (Å²) in [5.41, 5.74) is 4.29. The molecule has 2 aliphatic heterocycles. The molecule has 2 aliphatic rings. The second-order valence-corrected chi connectivity index (χ2v) is 11.1. The van der Waals surface area contributed by atoms with Gasteiger partial charge in [-0.25, -0.2) is 13.0 Å². The average molecular weight is 484 g/mol. The van der Waals surface area contributed by atoms with Crippen molar-refractivity contribution in [2.24, 2.45) is 5.92 Å². The number of piperidine rings is 1. The normalized spacial score (nSPS) is 20.1. The predicted octanol–water partition coefficient (Wildman–Crippen LogP) is 2.59. The van der Waals surface area contributed by atoms with Gasteiger partial charge in [-0.05, 0) is 66.3 Å². The van der Waals surface area contributed by atoms with Crippen LogP contribution in [-0.4, -0.2) is 73.1 Å². The van der Waals surface area contributed by atoms with E-state index in [-0.39, 0.29) is 28.8 Å². The summed E-state index contributed by atoms with van der Waals surface area (Å²) in [7, 11) is -3.82. The first-order valence-corrected chi connectivity index (χ1v) is 13.1. The highest BCUT2D eigenvalue weighted by Crippen LogP contribution is 2.29. The van der Waals surface area contributed by atoms with Gasteiger partial charge in [0, 0.05) is 45.0 Å². The highest BCUT2D eigenvalue weighted by Gasteiger charge is 2.37. The van der Waals surface area contributed by atoms with Crippen molar-refractivity contribution in [3.8, 4) is 0 Å². The van der Waals surface area contributed by atoms with Gasteiger partial charge in [-0.1, -0.05) is 18.2 Å². The molecule has 180 valence electrons. The van der Waals surface area contributed by atoms with Crippen molar-refractivity contribution < 1.29 is 17.8 Å². The summed E-state index contributed by atoms with van der Waals surface area (Å²) in [5, 5.41) is 7.53. The van der Waals surface area contributed by atoms with Crippen LogP contribution >= 0.6 is 0 Å². The molecule has 1 atom stereocenters. The molecule has 1 aromatic heterocycles. The molecule has 2 fully saturated rings. The van der Waals surface area contributed by atoms with Crippen LogP contribution in [0.2, 0.25) is 0 Å². The monoisotopic (exact) mass is 483 g/mol. The van der Waals surface area contributed by atoms with E-state index in [2.05, 4.69) is 47.3 Å². The molecular formula is C24H29N5O4S. The fourth-order valence-corrected chi connectivity index (χ4v) is 6.64. The molecule has 5 rings (SSSR count). The van der Waals surface area contributed by atoms with Crippen molar-refractivity contribution >= 4 is 32.7 Å². The number of carbonyl (C=O) groups is 1. The molecule has 0 N–H and O–H groups in total. The van der Waals surface area contributed by atoms with Crippen molar-refractivity contribution in [1.82, 2.24) is 19.5 Å². The summed E-state index contributed by atoms with van der Waals surface area (Å²) in [6.07, 6.45) is 1.34. The van der Waals surface area contributed by atoms with Crippen LogP contribution in [0.5, 0.6) is 0 Å². The summed E-state index contributed by atoms with van der Waals surface area (Å²) in [6.45, 7) is 7.58. The SMILES string of the molecule is Cc1ccc(C)c(N2CCN(C(=O)[C@H]3CCCN(S(=O)(=O)c4cccc5nonc45)C3)CC2)c1. The lowest BCUT2D eigenvalue weighted by Gasteiger charge is -2.40. The van der Waals surface area contributed by atoms with E-state index in [9.17, 15) is 13.2 Å². The highest BCUT2D eigenvalue weighted by molar-refractivity contribution is 7.89. The van der Waals surface area contributed by atoms with Crippen LogP contribution in [0.15, 0.2) is 45.9 Å². The Balaban J connectivity index is 1.27. The summed E-state index contributed by atoms with van der Waals surface area (Å²) in [4.78, 5) is 17.6. The van der Waals surface area contributed by atoms with Gasteiger partial charge in [0.05, 0.1) is 5.92 Å². The van der Waals surface area contributed by atoms with E-state index in [1.165, 1.54) is 27.2 Å². The summed E-state index contributed by atoms with van der Waals surface area (Å²) >= 11 is 0. The van der Waals surface area contributed by atoms with E-state index >= 15 is 0 Å². The first kappa shape index (κ1) is 22.8. The number of amides is 1. The largest absolute Gasteiger partial charge is 0.368 e. The fraction of sp³-hybridized carbons (Fsp3) is 0.458. The Morgan fingerprint density at radius 1 is 1.03 bits per heavy atom. The number of rotatable bonds is 4. The van der Waals surface area contributed by atoms with Crippen LogP contribution in [0.3, 0.4) is 0 Å². The van der Waals surface area contributed by atoms with Crippen molar-refractivity contribution in [2.45, 2.75) is 31.6 Å². The molecule has 1 amide bonds. The minimum atomic E-state index is -3.82. The molecule has 10 heteroatoms. The maximum atomic E-state index is 13.4. The number of hydrogen-bond acceptors (Lipinski definition) is 7. The van der Waals surface area contributed by atoms with Gasteiger partial charge in [0.15, 0.2) is 5.52 Å². The number of fused-ring (bicyclic) bond motifs is 1. The molecule has 0 aliphatic carbocycles. The fourth-order valence-electron chi connectivity index (χ4n) is 4.98. The number of sulfonamides is 1. The molecule has 0 radical (unpaired) electrons. The predicted molar refractivity (Wildman–Crippen MR) is 128 cm³/mol. The molecule has 0 unspecified atom stereocenters. The first-order chi connectivity index (χ1) is 16.3. The average Bonchev–Trinajstić information content (AvgIpc) is 3.34. The number of benzene rings is 2. The molecule has 9 nitrogen and oxygen atoms in total. The van der Waals surface area contributed by atoms with E-state index in [4.69, 9.17) is 4.63 Å². The quantitative estimate of drug-likeness (QED) is 0.562. The Bertz CT molecular complexity index is 1310. The maximum absolute atomic E-state index is 13.4. The molecule has 3 aromatic rings. The van der Waals surface area contributed by atoms with Crippen LogP contribution < -0.4 is 4.90 Å². The number of carbonyl (C=O) groups excluding carboxylic acids is 1. The Kier molecular flexibility index (Phi) is 6.03. The lowest BCUT2D eigenvalue weighted by Crippen LogP contribution is -2.53. The summed E-state index contributed by atoms with van der Waals surface area (Å²) in [6, 6.07) is 11.2. The summed E-state index contributed by atoms with van der Waals surface area (Å²) in [5.74, 6) is -0.299. The van der Waals surface area contributed by atoms with Crippen molar-refractivity contribution in [3.63, 3.8) is 0 Å². The molecule has 2 aromatic carbocycles. The lowest BCUT2D eigenvalue weighted by atomic mass is 9.97. The van der Waals surface area contributed by atoms with Gasteiger partial charge in [0.2, 0.25) is 15.9 Å². The van der Waals surface area contributed by atoms with Gasteiger partial charge in [0.25, 0.3) is 0 Å². The first-order valence-electron chi connectivity index (χ1n) is 11.7. The van der Waals surface area contributed by atoms with E-state index in [0.717, 1.165) is 13.1 Å². The van der Waals surface area contributed by atoms with Gasteiger partial charge < -0.3 is 9.80 Å². The zero-order chi connectivity index (χ0) is 23.9. The van der Waals surface area contributed by atoms with Crippen LogP contribution in [-0.2, 0) is 14.8 Å². The van der Waals surface area contributed by atoms with Gasteiger partial charge in [-0.15, -0.1) is 0 Å². The number of aryl methyl sites for hydroxylation is 2. The van der Waals surface area contributed by atoms with Gasteiger partial charge in [-0.3, -0.25) is 4.79 Å². The minimum Gasteiger partial charge on any atom is -0.368 e. The van der Waals surface area contributed by atoms with Crippen molar-refractivity contribution in [2.75, 3.05) is 44.2 Å². The Labute approximate surface area is 199 Å². The maximum Gasteiger partial charge on any atom is 0.245 e. The third-order valence-electron chi connectivity index (χ3n) is 6.90. The van der Waals surface area contributed by atoms with E-state index in [0.29, 0.717) is 38.0 Å². The van der Waals surface area contributed by atoms with Gasteiger partial charge in [0.1, 0.15) is 10.4 Å². The molecule has 34 heavy (non-hydrogen) atoms. The third kappa shape index (κ3) is 4.16. The van der Waals surface area contributed by atoms with Crippen LogP contribution in [0.4, 0.5) is 5.69 Å². The molecule has 3 heterocycles. The van der Waals surface area contributed by atoms with E-state index in [1.807, 2.05) is 4.90 Å². The number of aromatic nitrogens is 2. The zero-order valence-electron chi connectivity index (χ0n) is 19.5. The Morgan fingerprint density at radius 3 is 2.62 bits per heavy atom. The third-order valence-corrected chi connectivity index (χ3v) is 8.79. The van der Waals surface area contributed by atoms with E-state index < -0.39 is 10.0 Å². The molecule has 0 spiro atoms. The van der Waals surface area contributed by atoms with Crippen LogP contribution in [0.1, 0.15) is 24.0 Å². The highest BCUT2D eigenvalue weighted by atomic mass is 32.2. The minimum absolute atomic E-state index is 0.0434. The van der Waals surface area contributed by atoms with Gasteiger partial charge in [-0.2, -0.15) is 4.31 Å². The number of anilines is 1. The molecule has 0 bridgehead atoms. The second kappa shape index (κ2) is 8.99. The molecule has 0 saturated carbocycles. The Morgan fingerprint density at radius 2 is 1.82 bits per heavy atom. The van der Waals surface area contributed by atoms with Gasteiger partial charge >= 0.3 is 0 Å². The molecule has 2 saturated heterocycles. The number of hydrogen-bond donors (Lipinski definition) is 0. The van der Waals surface area contributed by atoms with Crippen molar-refractivity contribution in [1.29, 1.82) is 0 Å². The van der Waals surface area contributed by atoms with Crippen LogP contribution in [0.25, 0.3) is 11.0 Å². The Hall–Kier alpha value is -2.98.